The second-order valence-corrected chi connectivity index (χ2v) is 4.69. The van der Waals surface area contributed by atoms with Gasteiger partial charge in [0.15, 0.2) is 0 Å². The number of hydrogen-bond acceptors (Lipinski definition) is 3. The average molecular weight is 213 g/mol. The van der Waals surface area contributed by atoms with Crippen molar-refractivity contribution in [2.75, 3.05) is 20.7 Å². The van der Waals surface area contributed by atoms with Crippen LogP contribution < -0.4 is 0 Å². The number of rotatable bonds is 6. The van der Waals surface area contributed by atoms with Gasteiger partial charge in [0.25, 0.3) is 0 Å². The molecule has 0 saturated carbocycles. The highest BCUT2D eigenvalue weighted by Crippen LogP contribution is 2.27. The fraction of sp³-hybridized carbons (Fsp3) is 0.636. The van der Waals surface area contributed by atoms with Gasteiger partial charge in [-0.1, -0.05) is 6.07 Å². The normalized spacial score (nSPS) is 13.4. The number of nitrogens with zero attached hydrogens (tertiary/aromatic N) is 1. The summed E-state index contributed by atoms with van der Waals surface area (Å²) in [6.45, 7) is 0.310. The third-order valence-electron chi connectivity index (χ3n) is 2.38. The van der Waals surface area contributed by atoms with E-state index in [1.54, 1.807) is 0 Å². The molecule has 0 aliphatic heterocycles. The van der Waals surface area contributed by atoms with Crippen LogP contribution in [0.3, 0.4) is 0 Å². The summed E-state index contributed by atoms with van der Waals surface area (Å²) >= 11 is 1.81. The lowest BCUT2D eigenvalue weighted by atomic mass is 10.1. The summed E-state index contributed by atoms with van der Waals surface area (Å²) in [7, 11) is 4.23. The van der Waals surface area contributed by atoms with Crippen LogP contribution in [0.5, 0.6) is 0 Å². The summed E-state index contributed by atoms with van der Waals surface area (Å²) in [6.07, 6.45) is 3.14. The first-order chi connectivity index (χ1) is 6.75. The van der Waals surface area contributed by atoms with E-state index in [1.807, 2.05) is 11.3 Å². The van der Waals surface area contributed by atoms with Gasteiger partial charge >= 0.3 is 0 Å². The maximum atomic E-state index is 8.74. The predicted octanol–water partition coefficient (Wildman–Crippen LogP) is 2.51. The zero-order valence-corrected chi connectivity index (χ0v) is 9.76. The molecule has 14 heavy (non-hydrogen) atoms. The van der Waals surface area contributed by atoms with E-state index in [-0.39, 0.29) is 0 Å². The molecule has 0 aromatic carbocycles. The van der Waals surface area contributed by atoms with Crippen LogP contribution in [-0.2, 0) is 0 Å². The van der Waals surface area contributed by atoms with Crippen LogP contribution in [0, 0.1) is 0 Å². The maximum Gasteiger partial charge on any atom is 0.0435 e. The Morgan fingerprint density at radius 2 is 2.21 bits per heavy atom. The third-order valence-corrected chi connectivity index (χ3v) is 3.35. The zero-order chi connectivity index (χ0) is 10.4. The Labute approximate surface area is 90.2 Å². The lowest BCUT2D eigenvalue weighted by Gasteiger charge is -2.22. The number of aliphatic hydroxyl groups is 1. The molecule has 80 valence electrons. The van der Waals surface area contributed by atoms with Gasteiger partial charge in [0.1, 0.15) is 0 Å². The lowest BCUT2D eigenvalue weighted by molar-refractivity contribution is 0.253. The molecule has 1 unspecified atom stereocenters. The van der Waals surface area contributed by atoms with E-state index in [0.29, 0.717) is 12.6 Å². The first kappa shape index (κ1) is 11.7. The molecule has 1 atom stereocenters. The quantitative estimate of drug-likeness (QED) is 0.734. The molecular weight excluding hydrogens is 194 g/mol. The minimum absolute atomic E-state index is 0.310. The van der Waals surface area contributed by atoms with Crippen LogP contribution in [0.1, 0.15) is 30.2 Å². The van der Waals surface area contributed by atoms with Crippen molar-refractivity contribution >= 4 is 11.3 Å². The molecule has 1 aromatic rings. The van der Waals surface area contributed by atoms with Gasteiger partial charge in [-0.05, 0) is 44.8 Å². The Morgan fingerprint density at radius 3 is 2.71 bits per heavy atom. The summed E-state index contributed by atoms with van der Waals surface area (Å²) in [4.78, 5) is 3.68. The lowest BCUT2D eigenvalue weighted by Crippen LogP contribution is -2.19. The van der Waals surface area contributed by atoms with E-state index in [2.05, 4.69) is 36.5 Å². The standard InChI is InChI=1S/C11H19NOS/c1-12(2)10(6-3-4-8-13)11-7-5-9-14-11/h5,7,9-10,13H,3-4,6,8H2,1-2H3. The van der Waals surface area contributed by atoms with E-state index in [4.69, 9.17) is 5.11 Å². The summed E-state index contributed by atoms with van der Waals surface area (Å²) in [5.41, 5.74) is 0. The van der Waals surface area contributed by atoms with E-state index >= 15 is 0 Å². The Morgan fingerprint density at radius 1 is 1.43 bits per heavy atom. The molecule has 0 fully saturated rings. The average Bonchev–Trinajstić information content (AvgIpc) is 2.64. The highest BCUT2D eigenvalue weighted by Gasteiger charge is 2.13. The molecule has 0 aliphatic carbocycles. The van der Waals surface area contributed by atoms with Crippen molar-refractivity contribution in [2.45, 2.75) is 25.3 Å². The first-order valence-corrected chi connectivity index (χ1v) is 5.94. The minimum Gasteiger partial charge on any atom is -0.396 e. The third kappa shape index (κ3) is 3.40. The van der Waals surface area contributed by atoms with E-state index in [0.717, 1.165) is 19.3 Å². The molecular formula is C11H19NOS. The van der Waals surface area contributed by atoms with Crippen molar-refractivity contribution in [2.24, 2.45) is 0 Å². The van der Waals surface area contributed by atoms with Crippen LogP contribution in [0.15, 0.2) is 17.5 Å². The number of hydrogen-bond donors (Lipinski definition) is 1. The fourth-order valence-electron chi connectivity index (χ4n) is 1.59. The molecule has 1 rings (SSSR count). The highest BCUT2D eigenvalue weighted by atomic mass is 32.1. The summed E-state index contributed by atoms with van der Waals surface area (Å²) in [5, 5.41) is 10.9. The van der Waals surface area contributed by atoms with Gasteiger partial charge < -0.3 is 10.0 Å². The van der Waals surface area contributed by atoms with Crippen LogP contribution in [0.2, 0.25) is 0 Å². The van der Waals surface area contributed by atoms with Gasteiger partial charge in [-0.2, -0.15) is 0 Å². The summed E-state index contributed by atoms with van der Waals surface area (Å²) in [5.74, 6) is 0. The molecule has 0 radical (unpaired) electrons. The van der Waals surface area contributed by atoms with Crippen molar-refractivity contribution in [1.29, 1.82) is 0 Å². The molecule has 1 aromatic heterocycles. The smallest absolute Gasteiger partial charge is 0.0435 e. The van der Waals surface area contributed by atoms with Gasteiger partial charge in [-0.3, -0.25) is 0 Å². The Hall–Kier alpha value is -0.380. The molecule has 1 heterocycles. The Balaban J connectivity index is 2.48. The first-order valence-electron chi connectivity index (χ1n) is 5.06. The van der Waals surface area contributed by atoms with Gasteiger partial charge in [-0.25, -0.2) is 0 Å². The monoisotopic (exact) mass is 213 g/mol. The molecule has 3 heteroatoms. The SMILES string of the molecule is CN(C)C(CCCCO)c1cccs1. The maximum absolute atomic E-state index is 8.74. The van der Waals surface area contributed by atoms with Gasteiger partial charge in [0, 0.05) is 17.5 Å². The van der Waals surface area contributed by atoms with Crippen molar-refractivity contribution in [1.82, 2.24) is 4.90 Å². The molecule has 0 saturated heterocycles. The van der Waals surface area contributed by atoms with Crippen LogP contribution in [-0.4, -0.2) is 30.7 Å². The highest BCUT2D eigenvalue weighted by molar-refractivity contribution is 7.10. The minimum atomic E-state index is 0.310. The predicted molar refractivity (Wildman–Crippen MR) is 61.7 cm³/mol. The molecule has 1 N–H and O–H groups in total. The fourth-order valence-corrected chi connectivity index (χ4v) is 2.54. The molecule has 0 aliphatic rings. The van der Waals surface area contributed by atoms with Gasteiger partial charge in [-0.15, -0.1) is 11.3 Å². The van der Waals surface area contributed by atoms with Crippen LogP contribution in [0.4, 0.5) is 0 Å². The van der Waals surface area contributed by atoms with Crippen molar-refractivity contribution in [3.05, 3.63) is 22.4 Å². The number of unbranched alkanes of at least 4 members (excludes halogenated alkanes) is 1. The largest absolute Gasteiger partial charge is 0.396 e. The summed E-state index contributed by atoms with van der Waals surface area (Å²) in [6, 6.07) is 4.80. The molecule has 0 bridgehead atoms. The second kappa shape index (κ2) is 6.17. The Kier molecular flexibility index (Phi) is 5.15. The van der Waals surface area contributed by atoms with Crippen LogP contribution >= 0.6 is 11.3 Å². The van der Waals surface area contributed by atoms with Crippen molar-refractivity contribution in [3.8, 4) is 0 Å². The molecule has 2 nitrogen and oxygen atoms in total. The Bertz CT molecular complexity index is 233. The summed E-state index contributed by atoms with van der Waals surface area (Å²) < 4.78 is 0. The number of aliphatic hydroxyl groups excluding tert-OH is 1. The van der Waals surface area contributed by atoms with Crippen molar-refractivity contribution < 1.29 is 5.11 Å². The zero-order valence-electron chi connectivity index (χ0n) is 8.94. The van der Waals surface area contributed by atoms with E-state index in [1.165, 1.54) is 4.88 Å². The van der Waals surface area contributed by atoms with E-state index in [9.17, 15) is 0 Å². The molecule has 0 amide bonds. The van der Waals surface area contributed by atoms with E-state index < -0.39 is 0 Å². The number of thiophene rings is 1. The van der Waals surface area contributed by atoms with Gasteiger partial charge in [0.2, 0.25) is 0 Å². The molecule has 0 spiro atoms. The topological polar surface area (TPSA) is 23.5 Å². The van der Waals surface area contributed by atoms with Gasteiger partial charge in [0.05, 0.1) is 0 Å². The second-order valence-electron chi connectivity index (χ2n) is 3.71. The van der Waals surface area contributed by atoms with Crippen LogP contribution in [0.25, 0.3) is 0 Å². The van der Waals surface area contributed by atoms with Crippen molar-refractivity contribution in [3.63, 3.8) is 0 Å².